The van der Waals surface area contributed by atoms with E-state index < -0.39 is 0 Å². The number of hydrogen-bond acceptors (Lipinski definition) is 2. The summed E-state index contributed by atoms with van der Waals surface area (Å²) in [5.74, 6) is -0.0862. The van der Waals surface area contributed by atoms with E-state index in [9.17, 15) is 4.79 Å². The second kappa shape index (κ2) is 15.4. The Balaban J connectivity index is 0.00000134. The Hall–Kier alpha value is -2.09. The number of ether oxygens (including phenoxy) is 1. The number of carbonyl (C=O) groups is 1. The summed E-state index contributed by atoms with van der Waals surface area (Å²) >= 11 is 0. The highest BCUT2D eigenvalue weighted by Gasteiger charge is 2.02. The quantitative estimate of drug-likeness (QED) is 0.414. The zero-order valence-corrected chi connectivity index (χ0v) is 16.5. The topological polar surface area (TPSA) is 26.3 Å². The van der Waals surface area contributed by atoms with Gasteiger partial charge in [-0.15, -0.1) is 0 Å². The Morgan fingerprint density at radius 1 is 0.800 bits per heavy atom. The van der Waals surface area contributed by atoms with Crippen molar-refractivity contribution in [2.24, 2.45) is 0 Å². The van der Waals surface area contributed by atoms with Crippen LogP contribution in [0.3, 0.4) is 0 Å². The highest BCUT2D eigenvalue weighted by molar-refractivity contribution is 5.69. The first-order valence-corrected chi connectivity index (χ1v) is 9.59. The molecule has 0 unspecified atom stereocenters. The molecule has 2 heteroatoms. The Labute approximate surface area is 154 Å². The van der Waals surface area contributed by atoms with Crippen LogP contribution in [-0.2, 0) is 16.0 Å². The second-order valence-electron chi connectivity index (χ2n) is 5.08. The van der Waals surface area contributed by atoms with E-state index in [1.54, 1.807) is 0 Å². The van der Waals surface area contributed by atoms with Gasteiger partial charge in [0.1, 0.15) is 0 Å². The van der Waals surface area contributed by atoms with E-state index in [4.69, 9.17) is 4.74 Å². The minimum Gasteiger partial charge on any atom is -0.466 e. The predicted molar refractivity (Wildman–Crippen MR) is 109 cm³/mol. The molecule has 0 fully saturated rings. The molecule has 0 bridgehead atoms. The van der Waals surface area contributed by atoms with Gasteiger partial charge in [-0.3, -0.25) is 4.79 Å². The molecule has 0 saturated carbocycles. The minimum absolute atomic E-state index is 0.0862. The van der Waals surface area contributed by atoms with Crippen molar-refractivity contribution in [3.63, 3.8) is 0 Å². The number of unbranched alkanes of at least 4 members (excludes halogenated alkanes) is 1. The molecule has 0 amide bonds. The summed E-state index contributed by atoms with van der Waals surface area (Å²) in [5, 5.41) is 0. The molecule has 0 radical (unpaired) electrons. The van der Waals surface area contributed by atoms with Crippen LogP contribution in [-0.4, -0.2) is 12.6 Å². The normalized spacial score (nSPS) is 9.16. The van der Waals surface area contributed by atoms with Gasteiger partial charge >= 0.3 is 5.97 Å². The number of carbonyl (C=O) groups excluding carboxylic acids is 1. The largest absolute Gasteiger partial charge is 0.466 e. The molecule has 25 heavy (non-hydrogen) atoms. The molecule has 2 aromatic carbocycles. The predicted octanol–water partition coefficient (Wildman–Crippen LogP) is 6.68. The monoisotopic (exact) mass is 342 g/mol. The number of hydrogen-bond donors (Lipinski definition) is 0. The van der Waals surface area contributed by atoms with E-state index in [2.05, 4.69) is 48.5 Å². The summed E-state index contributed by atoms with van der Waals surface area (Å²) in [4.78, 5) is 11.2. The molecule has 0 saturated heterocycles. The van der Waals surface area contributed by atoms with Gasteiger partial charge in [-0.05, 0) is 42.9 Å². The Morgan fingerprint density at radius 3 is 1.92 bits per heavy atom. The molecule has 0 aromatic heterocycles. The Kier molecular flexibility index (Phi) is 14.1. The van der Waals surface area contributed by atoms with Crippen molar-refractivity contribution < 1.29 is 9.53 Å². The lowest BCUT2D eigenvalue weighted by Gasteiger charge is -2.05. The maximum Gasteiger partial charge on any atom is 0.305 e. The van der Waals surface area contributed by atoms with Gasteiger partial charge in [-0.2, -0.15) is 0 Å². The van der Waals surface area contributed by atoms with E-state index in [-0.39, 0.29) is 5.97 Å². The minimum atomic E-state index is -0.0862. The van der Waals surface area contributed by atoms with E-state index in [0.29, 0.717) is 13.0 Å². The molecule has 0 aliphatic rings. The molecule has 0 atom stereocenters. The van der Waals surface area contributed by atoms with Crippen LogP contribution >= 0.6 is 0 Å². The fourth-order valence-corrected chi connectivity index (χ4v) is 2.33. The summed E-state index contributed by atoms with van der Waals surface area (Å²) in [6, 6.07) is 19.0. The summed E-state index contributed by atoms with van der Waals surface area (Å²) < 4.78 is 4.92. The lowest BCUT2D eigenvalue weighted by atomic mass is 10.0. The van der Waals surface area contributed by atoms with Crippen LogP contribution in [0.5, 0.6) is 0 Å². The van der Waals surface area contributed by atoms with Gasteiger partial charge in [0, 0.05) is 6.42 Å². The van der Waals surface area contributed by atoms with Gasteiger partial charge in [0.15, 0.2) is 0 Å². The van der Waals surface area contributed by atoms with Crippen molar-refractivity contribution in [3.8, 4) is 11.1 Å². The van der Waals surface area contributed by atoms with Crippen LogP contribution in [0.2, 0.25) is 0 Å². The van der Waals surface area contributed by atoms with Crippen LogP contribution < -0.4 is 0 Å². The average Bonchev–Trinajstić information content (AvgIpc) is 2.70. The molecular weight excluding hydrogens is 308 g/mol. The lowest BCUT2D eigenvalue weighted by Crippen LogP contribution is -2.03. The third-order valence-corrected chi connectivity index (χ3v) is 3.46. The number of aryl methyl sites for hydroxylation is 1. The molecule has 0 N–H and O–H groups in total. The fraction of sp³-hybridized carbons (Fsp3) is 0.435. The van der Waals surface area contributed by atoms with Gasteiger partial charge in [0.2, 0.25) is 0 Å². The number of rotatable bonds is 7. The SMILES string of the molecule is CC.CC.CCOC(=O)CCCCc1ccc(-c2ccccc2)cc1. The van der Waals surface area contributed by atoms with Crippen molar-refractivity contribution in [1.82, 2.24) is 0 Å². The molecule has 138 valence electrons. The molecule has 0 heterocycles. The summed E-state index contributed by atoms with van der Waals surface area (Å²) in [6.45, 7) is 10.3. The highest BCUT2D eigenvalue weighted by Crippen LogP contribution is 2.20. The summed E-state index contributed by atoms with van der Waals surface area (Å²) in [5.41, 5.74) is 3.80. The number of benzene rings is 2. The zero-order valence-electron chi connectivity index (χ0n) is 16.5. The van der Waals surface area contributed by atoms with Crippen LogP contribution in [0.15, 0.2) is 54.6 Å². The van der Waals surface area contributed by atoms with Crippen molar-refractivity contribution in [3.05, 3.63) is 60.2 Å². The second-order valence-corrected chi connectivity index (χ2v) is 5.08. The molecule has 0 aliphatic heterocycles. The third-order valence-electron chi connectivity index (χ3n) is 3.46. The Bertz CT molecular complexity index is 544. The molecule has 2 aromatic rings. The first kappa shape index (κ1) is 22.9. The standard InChI is InChI=1S/C19H22O2.2C2H6/c1-2-21-19(20)11-7-6-8-16-12-14-18(15-13-16)17-9-4-3-5-10-17;2*1-2/h3-5,9-10,12-15H,2,6-8,11H2,1H3;2*1-2H3. The maximum atomic E-state index is 11.2. The molecule has 2 rings (SSSR count). The first-order chi connectivity index (χ1) is 12.3. The molecule has 0 spiro atoms. The van der Waals surface area contributed by atoms with E-state index in [1.807, 2.05) is 40.7 Å². The van der Waals surface area contributed by atoms with E-state index in [0.717, 1.165) is 19.3 Å². The Morgan fingerprint density at radius 2 is 1.36 bits per heavy atom. The fourth-order valence-electron chi connectivity index (χ4n) is 2.33. The maximum absolute atomic E-state index is 11.2. The first-order valence-electron chi connectivity index (χ1n) is 9.59. The van der Waals surface area contributed by atoms with Gasteiger partial charge in [0.25, 0.3) is 0 Å². The van der Waals surface area contributed by atoms with Gasteiger partial charge in [-0.1, -0.05) is 82.3 Å². The van der Waals surface area contributed by atoms with Crippen LogP contribution in [0.1, 0.15) is 59.4 Å². The molecule has 2 nitrogen and oxygen atoms in total. The van der Waals surface area contributed by atoms with E-state index >= 15 is 0 Å². The van der Waals surface area contributed by atoms with Crippen LogP contribution in [0, 0.1) is 0 Å². The van der Waals surface area contributed by atoms with Crippen LogP contribution in [0.25, 0.3) is 11.1 Å². The van der Waals surface area contributed by atoms with Crippen molar-refractivity contribution in [2.75, 3.05) is 6.61 Å². The zero-order chi connectivity index (χ0) is 18.9. The summed E-state index contributed by atoms with van der Waals surface area (Å²) in [7, 11) is 0. The van der Waals surface area contributed by atoms with E-state index in [1.165, 1.54) is 16.7 Å². The van der Waals surface area contributed by atoms with Crippen molar-refractivity contribution in [1.29, 1.82) is 0 Å². The van der Waals surface area contributed by atoms with Crippen molar-refractivity contribution >= 4 is 5.97 Å². The third kappa shape index (κ3) is 9.71. The smallest absolute Gasteiger partial charge is 0.305 e. The van der Waals surface area contributed by atoms with Crippen molar-refractivity contribution in [2.45, 2.75) is 60.3 Å². The lowest BCUT2D eigenvalue weighted by molar-refractivity contribution is -0.143. The van der Waals surface area contributed by atoms with Gasteiger partial charge < -0.3 is 4.74 Å². The van der Waals surface area contributed by atoms with Gasteiger partial charge in [-0.25, -0.2) is 0 Å². The highest BCUT2D eigenvalue weighted by atomic mass is 16.5. The van der Waals surface area contributed by atoms with Gasteiger partial charge in [0.05, 0.1) is 6.61 Å². The summed E-state index contributed by atoms with van der Waals surface area (Å²) in [6.07, 6.45) is 3.44. The molecular formula is C23H34O2. The van der Waals surface area contributed by atoms with Crippen LogP contribution in [0.4, 0.5) is 0 Å². The molecule has 0 aliphatic carbocycles. The number of esters is 1. The average molecular weight is 343 g/mol.